The zero-order valence-electron chi connectivity index (χ0n) is 11.0. The molecule has 0 saturated heterocycles. The van der Waals surface area contributed by atoms with Crippen LogP contribution in [0.1, 0.15) is 0 Å². The lowest BCUT2D eigenvalue weighted by atomic mass is 10.4. The van der Waals surface area contributed by atoms with Crippen LogP contribution in [0.3, 0.4) is 0 Å². The van der Waals surface area contributed by atoms with Gasteiger partial charge < -0.3 is 9.80 Å². The van der Waals surface area contributed by atoms with E-state index in [1.54, 1.807) is 0 Å². The Balaban J connectivity index is 0. The van der Waals surface area contributed by atoms with Crippen molar-refractivity contribution in [3.05, 3.63) is 11.9 Å². The Morgan fingerprint density at radius 3 is 1.53 bits per heavy atom. The van der Waals surface area contributed by atoms with E-state index in [1.807, 2.05) is 51.8 Å². The van der Waals surface area contributed by atoms with Gasteiger partial charge in [0.2, 0.25) is 0 Å². The third kappa shape index (κ3) is 21.1. The van der Waals surface area contributed by atoms with Gasteiger partial charge in [-0.3, -0.25) is 0 Å². The maximum Gasteiger partial charge on any atom is 0.188 e. The Morgan fingerprint density at radius 2 is 1.35 bits per heavy atom. The third-order valence-corrected chi connectivity index (χ3v) is 1.30. The summed E-state index contributed by atoms with van der Waals surface area (Å²) in [6.45, 7) is 0. The molecule has 0 atom stereocenters. The van der Waals surface area contributed by atoms with Crippen LogP contribution in [0, 0.1) is 10.2 Å². The highest BCUT2D eigenvalue weighted by Gasteiger charge is 2.00. The first-order chi connectivity index (χ1) is 7.43. The van der Waals surface area contributed by atoms with E-state index < -0.39 is 10.2 Å². The van der Waals surface area contributed by atoms with Gasteiger partial charge in [-0.15, -0.1) is 10.2 Å². The Hall–Kier alpha value is -0.860. The first-order valence-corrected chi connectivity index (χ1v) is 5.85. The second kappa shape index (κ2) is 8.26. The molecule has 0 aliphatic carbocycles. The van der Waals surface area contributed by atoms with Crippen LogP contribution in [0.2, 0.25) is 0 Å². The highest BCUT2D eigenvalue weighted by Crippen LogP contribution is 1.94. The van der Waals surface area contributed by atoms with E-state index in [0.717, 1.165) is 0 Å². The fourth-order valence-corrected chi connectivity index (χ4v) is 0.793. The average Bonchev–Trinajstić information content (AvgIpc) is 1.97. The molecule has 0 saturated carbocycles. The van der Waals surface area contributed by atoms with Crippen LogP contribution in [0.5, 0.6) is 0 Å². The molecule has 0 N–H and O–H groups in total. The first-order valence-electron chi connectivity index (χ1n) is 4.62. The van der Waals surface area contributed by atoms with Gasteiger partial charge in [-0.1, -0.05) is 0 Å². The van der Waals surface area contributed by atoms with Gasteiger partial charge in [0.25, 0.3) is 0 Å². The lowest BCUT2D eigenvalue weighted by molar-refractivity contribution is -2.00. The predicted octanol–water partition coefficient (Wildman–Crippen LogP) is -4.46. The molecule has 0 bridgehead atoms. The lowest BCUT2D eigenvalue weighted by Gasteiger charge is -2.17. The second-order valence-electron chi connectivity index (χ2n) is 3.88. The summed E-state index contributed by atoms with van der Waals surface area (Å²) < 4.78 is 36.0. The van der Waals surface area contributed by atoms with E-state index in [4.69, 9.17) is 18.6 Å². The quantitative estimate of drug-likeness (QED) is 0.378. The Labute approximate surface area is 104 Å². The average molecular weight is 270 g/mol. The summed E-state index contributed by atoms with van der Waals surface area (Å²) in [5.41, 5.74) is 1.19. The summed E-state index contributed by atoms with van der Waals surface area (Å²) in [5.74, 6) is 0. The number of hydrogen-bond acceptors (Lipinski definition) is 6. The summed E-state index contributed by atoms with van der Waals surface area (Å²) in [4.78, 5) is 4.12. The van der Waals surface area contributed by atoms with E-state index in [1.165, 1.54) is 5.70 Å². The van der Waals surface area contributed by atoms with E-state index >= 15 is 0 Å². The SMILES string of the molecule is CN(C)/C=C(/C=[N+](C)C)N(C)C.[O-][Cl+3]([O-])([O-])[O-]. The number of rotatable bonds is 3. The van der Waals surface area contributed by atoms with E-state index in [0.29, 0.717) is 0 Å². The zero-order chi connectivity index (χ0) is 14.2. The van der Waals surface area contributed by atoms with Crippen molar-refractivity contribution in [1.82, 2.24) is 9.80 Å². The molecule has 0 aliphatic rings. The van der Waals surface area contributed by atoms with Crippen molar-refractivity contribution in [2.75, 3.05) is 42.3 Å². The monoisotopic (exact) mass is 269 g/mol. The minimum Gasteiger partial charge on any atom is -0.382 e. The van der Waals surface area contributed by atoms with Crippen LogP contribution < -0.4 is 18.6 Å². The molecular weight excluding hydrogens is 250 g/mol. The highest BCUT2D eigenvalue weighted by molar-refractivity contribution is 5.72. The molecule has 0 radical (unpaired) electrons. The summed E-state index contributed by atoms with van der Waals surface area (Å²) >= 11 is 0. The van der Waals surface area contributed by atoms with Gasteiger partial charge in [-0.05, 0) is 0 Å². The van der Waals surface area contributed by atoms with E-state index in [-0.39, 0.29) is 0 Å². The molecule has 0 rings (SSSR count). The standard InChI is InChI=1S/C9H20N3.ClHO4/c1-10(2)7-9(12(5)6)8-11(3)4;2-1(3,4)5/h7-8H,1-6H3;(H,2,3,4,5)/q+1;/p-1. The lowest BCUT2D eigenvalue weighted by Crippen LogP contribution is -2.68. The highest BCUT2D eigenvalue weighted by atomic mass is 35.7. The summed E-state index contributed by atoms with van der Waals surface area (Å²) in [7, 11) is 7.21. The van der Waals surface area contributed by atoms with Gasteiger partial charge in [0.1, 0.15) is 19.8 Å². The molecule has 0 aromatic carbocycles. The third-order valence-electron chi connectivity index (χ3n) is 1.30. The van der Waals surface area contributed by atoms with Crippen LogP contribution in [0.25, 0.3) is 0 Å². The number of halogens is 1. The number of hydrogen-bond donors (Lipinski definition) is 0. The fraction of sp³-hybridized carbons (Fsp3) is 0.667. The van der Waals surface area contributed by atoms with Crippen molar-refractivity contribution >= 4 is 6.21 Å². The maximum absolute atomic E-state index is 8.49. The van der Waals surface area contributed by atoms with Crippen molar-refractivity contribution in [1.29, 1.82) is 0 Å². The molecule has 0 aromatic heterocycles. The van der Waals surface area contributed by atoms with Gasteiger partial charge in [-0.2, -0.15) is 0 Å². The Bertz CT molecular complexity index is 262. The molecule has 8 heteroatoms. The van der Waals surface area contributed by atoms with E-state index in [9.17, 15) is 0 Å². The normalized spacial score (nSPS) is 11.3. The molecule has 102 valence electrons. The van der Waals surface area contributed by atoms with Gasteiger partial charge in [0.05, 0.1) is 0 Å². The van der Waals surface area contributed by atoms with Gasteiger partial charge in [-0.25, -0.2) is 23.2 Å². The molecule has 0 aromatic rings. The van der Waals surface area contributed by atoms with Crippen LogP contribution >= 0.6 is 0 Å². The van der Waals surface area contributed by atoms with Crippen molar-refractivity contribution in [3.8, 4) is 0 Å². The first kappa shape index (κ1) is 18.5. The van der Waals surface area contributed by atoms with Crippen molar-refractivity contribution in [2.45, 2.75) is 0 Å². The topological polar surface area (TPSA) is 102 Å². The van der Waals surface area contributed by atoms with E-state index in [2.05, 4.69) is 17.3 Å². The van der Waals surface area contributed by atoms with Crippen molar-refractivity contribution in [3.63, 3.8) is 0 Å². The van der Waals surface area contributed by atoms with Crippen LogP contribution in [0.15, 0.2) is 11.9 Å². The molecule has 7 nitrogen and oxygen atoms in total. The maximum atomic E-state index is 8.49. The van der Waals surface area contributed by atoms with Crippen molar-refractivity contribution < 1.29 is 33.5 Å². The molecular formula is C9H20ClN3O4. The van der Waals surface area contributed by atoms with Gasteiger partial charge in [0.15, 0.2) is 6.21 Å². The van der Waals surface area contributed by atoms with Crippen LogP contribution in [0.4, 0.5) is 0 Å². The minimum atomic E-state index is -4.94. The molecule has 0 aliphatic heterocycles. The largest absolute Gasteiger partial charge is 0.382 e. The predicted molar refractivity (Wildman–Crippen MR) is 53.6 cm³/mol. The number of nitrogens with zero attached hydrogens (tertiary/aromatic N) is 3. The van der Waals surface area contributed by atoms with Crippen LogP contribution in [-0.4, -0.2) is 62.9 Å². The molecule has 0 amide bonds. The summed E-state index contributed by atoms with van der Waals surface area (Å²) in [6.07, 6.45) is 4.17. The summed E-state index contributed by atoms with van der Waals surface area (Å²) in [5, 5.41) is 0. The minimum absolute atomic E-state index is 1.19. The molecule has 0 fully saturated rings. The molecule has 0 spiro atoms. The van der Waals surface area contributed by atoms with Gasteiger partial charge >= 0.3 is 0 Å². The summed E-state index contributed by atoms with van der Waals surface area (Å²) in [6, 6.07) is 0. The molecule has 0 heterocycles. The Kier molecular flexibility index (Phi) is 8.99. The zero-order valence-corrected chi connectivity index (χ0v) is 11.8. The molecule has 0 unspecified atom stereocenters. The van der Waals surface area contributed by atoms with Gasteiger partial charge in [0, 0.05) is 34.4 Å². The molecule has 17 heavy (non-hydrogen) atoms. The van der Waals surface area contributed by atoms with Crippen LogP contribution in [-0.2, 0) is 0 Å². The fourth-order valence-electron chi connectivity index (χ4n) is 0.793. The van der Waals surface area contributed by atoms with Crippen molar-refractivity contribution in [2.24, 2.45) is 0 Å². The Morgan fingerprint density at radius 1 is 1.00 bits per heavy atom. The smallest absolute Gasteiger partial charge is 0.188 e. The number of allylic oxidation sites excluding steroid dienone is 1. The second-order valence-corrected chi connectivity index (χ2v) is 4.64.